The minimum absolute atomic E-state index is 0.329. The van der Waals surface area contributed by atoms with Crippen molar-refractivity contribution in [2.24, 2.45) is 0 Å². The summed E-state index contributed by atoms with van der Waals surface area (Å²) in [5.74, 6) is 0. The molecule has 0 spiro atoms. The van der Waals surface area contributed by atoms with Gasteiger partial charge in [-0.25, -0.2) is 13.4 Å². The van der Waals surface area contributed by atoms with Crippen LogP contribution in [0.1, 0.15) is 0 Å². The van der Waals surface area contributed by atoms with E-state index in [2.05, 4.69) is 20.9 Å². The van der Waals surface area contributed by atoms with Crippen LogP contribution in [0.4, 0.5) is 0 Å². The molecule has 1 aromatic heterocycles. The highest BCUT2D eigenvalue weighted by atomic mass is 79.9. The molecule has 0 radical (unpaired) electrons. The maximum Gasteiger partial charge on any atom is 0.175 e. The van der Waals surface area contributed by atoms with E-state index in [4.69, 9.17) is 0 Å². The van der Waals surface area contributed by atoms with E-state index in [1.807, 2.05) is 12.1 Å². The van der Waals surface area contributed by atoms with Crippen LogP contribution in [0.3, 0.4) is 0 Å². The molecule has 0 N–H and O–H groups in total. The summed E-state index contributed by atoms with van der Waals surface area (Å²) >= 11 is 4.81. The van der Waals surface area contributed by atoms with Crippen LogP contribution in [0.5, 0.6) is 0 Å². The fraction of sp³-hybridized carbons (Fsp3) is 0.0833. The molecule has 0 amide bonds. The second-order valence-corrected chi connectivity index (χ2v) is 7.69. The second-order valence-electron chi connectivity index (χ2n) is 3.66. The lowest BCUT2D eigenvalue weighted by atomic mass is 10.4. The number of hydrogen-bond acceptors (Lipinski definition) is 4. The van der Waals surface area contributed by atoms with Crippen molar-refractivity contribution in [3.05, 3.63) is 47.1 Å². The van der Waals surface area contributed by atoms with Crippen LogP contribution >= 0.6 is 27.7 Å². The highest BCUT2D eigenvalue weighted by Crippen LogP contribution is 2.27. The maximum absolute atomic E-state index is 11.3. The molecule has 0 aliphatic carbocycles. The zero-order chi connectivity index (χ0) is 13.2. The Hall–Kier alpha value is -0.850. The maximum atomic E-state index is 11.3. The van der Waals surface area contributed by atoms with E-state index in [9.17, 15) is 8.42 Å². The van der Waals surface area contributed by atoms with Crippen LogP contribution in [-0.4, -0.2) is 19.7 Å². The molecule has 0 fully saturated rings. The van der Waals surface area contributed by atoms with Crippen molar-refractivity contribution in [3.63, 3.8) is 0 Å². The van der Waals surface area contributed by atoms with Crippen LogP contribution in [0.2, 0.25) is 0 Å². The van der Waals surface area contributed by atoms with E-state index in [-0.39, 0.29) is 0 Å². The predicted octanol–water partition coefficient (Wildman–Crippen LogP) is 3.40. The van der Waals surface area contributed by atoms with Gasteiger partial charge >= 0.3 is 0 Å². The number of rotatable bonds is 3. The van der Waals surface area contributed by atoms with Crippen molar-refractivity contribution >= 4 is 37.5 Å². The van der Waals surface area contributed by atoms with Crippen molar-refractivity contribution in [2.75, 3.05) is 6.26 Å². The quantitative estimate of drug-likeness (QED) is 0.856. The van der Waals surface area contributed by atoms with Gasteiger partial charge in [0.25, 0.3) is 0 Å². The number of halogens is 1. The molecule has 2 aromatic rings. The van der Waals surface area contributed by atoms with Crippen LogP contribution < -0.4 is 0 Å². The minimum Gasteiger partial charge on any atom is -0.248 e. The van der Waals surface area contributed by atoms with E-state index < -0.39 is 9.84 Å². The van der Waals surface area contributed by atoms with Crippen molar-refractivity contribution in [1.29, 1.82) is 0 Å². The van der Waals surface area contributed by atoms with Crippen molar-refractivity contribution < 1.29 is 8.42 Å². The number of benzene rings is 1. The molecule has 6 heteroatoms. The highest BCUT2D eigenvalue weighted by Gasteiger charge is 2.06. The molecule has 2 rings (SSSR count). The molecule has 0 saturated carbocycles. The molecule has 0 unspecified atom stereocenters. The number of sulfone groups is 1. The molecule has 0 aliphatic rings. The standard InChI is InChI=1S/C12H10BrNO2S2/c1-18(15,16)11-5-3-10(4-6-11)17-12-7-2-9(13)8-14-12/h2-8H,1H3. The number of nitrogens with zero attached hydrogens (tertiary/aromatic N) is 1. The van der Waals surface area contributed by atoms with Gasteiger partial charge in [-0.15, -0.1) is 0 Å². The topological polar surface area (TPSA) is 47.0 Å². The molecule has 1 heterocycles. The molecule has 3 nitrogen and oxygen atoms in total. The Kier molecular flexibility index (Phi) is 4.09. The third-order valence-electron chi connectivity index (χ3n) is 2.17. The van der Waals surface area contributed by atoms with E-state index in [1.54, 1.807) is 30.5 Å². The summed E-state index contributed by atoms with van der Waals surface area (Å²) in [5, 5.41) is 0.866. The van der Waals surface area contributed by atoms with Gasteiger partial charge in [0.1, 0.15) is 5.03 Å². The smallest absolute Gasteiger partial charge is 0.175 e. The van der Waals surface area contributed by atoms with Crippen molar-refractivity contribution in [2.45, 2.75) is 14.8 Å². The van der Waals surface area contributed by atoms with Gasteiger partial charge < -0.3 is 0 Å². The van der Waals surface area contributed by atoms with Crippen molar-refractivity contribution in [1.82, 2.24) is 4.98 Å². The largest absolute Gasteiger partial charge is 0.248 e. The van der Waals surface area contributed by atoms with Gasteiger partial charge in [-0.05, 0) is 52.3 Å². The Balaban J connectivity index is 2.18. The van der Waals surface area contributed by atoms with Gasteiger partial charge in [-0.2, -0.15) is 0 Å². The third-order valence-corrected chi connectivity index (χ3v) is 4.73. The number of aromatic nitrogens is 1. The normalized spacial score (nSPS) is 11.4. The lowest BCUT2D eigenvalue weighted by Crippen LogP contribution is -1.95. The first-order valence-corrected chi connectivity index (χ1v) is 8.55. The molecule has 0 bridgehead atoms. The Morgan fingerprint density at radius 2 is 1.78 bits per heavy atom. The first kappa shape index (κ1) is 13.6. The fourth-order valence-corrected chi connectivity index (χ4v) is 2.92. The van der Waals surface area contributed by atoms with E-state index in [1.165, 1.54) is 18.0 Å². The van der Waals surface area contributed by atoms with Crippen LogP contribution in [0.15, 0.2) is 61.9 Å². The SMILES string of the molecule is CS(=O)(=O)c1ccc(Sc2ccc(Br)cn2)cc1. The summed E-state index contributed by atoms with van der Waals surface area (Å²) < 4.78 is 23.6. The Labute approximate surface area is 119 Å². The van der Waals surface area contributed by atoms with Gasteiger partial charge in [-0.1, -0.05) is 11.8 Å². The first-order chi connectivity index (χ1) is 8.45. The number of hydrogen-bond donors (Lipinski definition) is 0. The molecular formula is C12H10BrNO2S2. The van der Waals surface area contributed by atoms with Crippen LogP contribution in [0.25, 0.3) is 0 Å². The van der Waals surface area contributed by atoms with E-state index in [0.29, 0.717) is 4.90 Å². The lowest BCUT2D eigenvalue weighted by Gasteiger charge is -2.02. The molecular weight excluding hydrogens is 334 g/mol. The minimum atomic E-state index is -3.13. The summed E-state index contributed by atoms with van der Waals surface area (Å²) in [6, 6.07) is 10.6. The second kappa shape index (κ2) is 5.42. The summed E-state index contributed by atoms with van der Waals surface area (Å²) in [7, 11) is -3.13. The first-order valence-electron chi connectivity index (χ1n) is 5.05. The highest BCUT2D eigenvalue weighted by molar-refractivity contribution is 9.10. The Morgan fingerprint density at radius 3 is 2.28 bits per heavy atom. The van der Waals surface area contributed by atoms with Gasteiger partial charge in [0.2, 0.25) is 0 Å². The van der Waals surface area contributed by atoms with Gasteiger partial charge in [0.15, 0.2) is 9.84 Å². The average Bonchev–Trinajstić information content (AvgIpc) is 2.32. The van der Waals surface area contributed by atoms with Crippen LogP contribution in [-0.2, 0) is 9.84 Å². The van der Waals surface area contributed by atoms with Crippen molar-refractivity contribution in [3.8, 4) is 0 Å². The predicted molar refractivity (Wildman–Crippen MR) is 75.6 cm³/mol. The van der Waals surface area contributed by atoms with Gasteiger partial charge in [0.05, 0.1) is 4.90 Å². The van der Waals surface area contributed by atoms with E-state index >= 15 is 0 Å². The summed E-state index contributed by atoms with van der Waals surface area (Å²) in [6.45, 7) is 0. The molecule has 0 saturated heterocycles. The summed E-state index contributed by atoms with van der Waals surface area (Å²) in [5.41, 5.74) is 0. The summed E-state index contributed by atoms with van der Waals surface area (Å²) in [6.07, 6.45) is 2.93. The summed E-state index contributed by atoms with van der Waals surface area (Å²) in [4.78, 5) is 5.53. The Morgan fingerprint density at radius 1 is 1.11 bits per heavy atom. The zero-order valence-electron chi connectivity index (χ0n) is 9.50. The molecule has 1 aromatic carbocycles. The average molecular weight is 344 g/mol. The third kappa shape index (κ3) is 3.57. The van der Waals surface area contributed by atoms with Gasteiger partial charge in [0, 0.05) is 21.8 Å². The fourth-order valence-electron chi connectivity index (χ4n) is 1.30. The van der Waals surface area contributed by atoms with Gasteiger partial charge in [-0.3, -0.25) is 0 Å². The molecule has 94 valence electrons. The monoisotopic (exact) mass is 343 g/mol. The lowest BCUT2D eigenvalue weighted by molar-refractivity contribution is 0.602. The van der Waals surface area contributed by atoms with Crippen LogP contribution in [0, 0.1) is 0 Å². The zero-order valence-corrected chi connectivity index (χ0v) is 12.7. The molecule has 0 atom stereocenters. The Bertz CT molecular complexity index is 637. The molecule has 18 heavy (non-hydrogen) atoms. The van der Waals surface area contributed by atoms with E-state index in [0.717, 1.165) is 14.4 Å². The number of pyridine rings is 1. The molecule has 0 aliphatic heterocycles.